The lowest BCUT2D eigenvalue weighted by atomic mass is 10.0. The van der Waals surface area contributed by atoms with Crippen LogP contribution >= 0.6 is 0 Å². The van der Waals surface area contributed by atoms with E-state index in [2.05, 4.69) is 0 Å². The van der Waals surface area contributed by atoms with E-state index in [0.717, 1.165) is 6.42 Å². The summed E-state index contributed by atoms with van der Waals surface area (Å²) >= 11 is 0. The first-order valence-electron chi connectivity index (χ1n) is 7.41. The summed E-state index contributed by atoms with van der Waals surface area (Å²) in [5.41, 5.74) is 0. The number of amides is 4. The number of aliphatic hydroxyl groups is 1. The van der Waals surface area contributed by atoms with Crippen LogP contribution in [0.5, 0.6) is 0 Å². The van der Waals surface area contributed by atoms with E-state index in [-0.39, 0.29) is 30.3 Å². The number of aliphatic hydroxyl groups excluding tert-OH is 1. The van der Waals surface area contributed by atoms with Crippen molar-refractivity contribution in [2.24, 2.45) is 5.92 Å². The number of hydrogen-bond donors (Lipinski definition) is 1. The SMILES string of the molecule is CC(O)C1CCN(C(=O)CCCN2C(=O)CN(C)C2=O)C1. The first-order chi connectivity index (χ1) is 9.90. The molecule has 7 nitrogen and oxygen atoms in total. The maximum Gasteiger partial charge on any atom is 0.326 e. The third-order valence-corrected chi connectivity index (χ3v) is 4.26. The number of urea groups is 1. The van der Waals surface area contributed by atoms with Crippen molar-refractivity contribution in [1.82, 2.24) is 14.7 Å². The van der Waals surface area contributed by atoms with Gasteiger partial charge in [0.05, 0.1) is 6.10 Å². The summed E-state index contributed by atoms with van der Waals surface area (Å²) in [6.07, 6.45) is 1.25. The van der Waals surface area contributed by atoms with Crippen LogP contribution in [0.3, 0.4) is 0 Å². The van der Waals surface area contributed by atoms with Crippen molar-refractivity contribution in [3.63, 3.8) is 0 Å². The highest BCUT2D eigenvalue weighted by Gasteiger charge is 2.33. The Balaban J connectivity index is 1.73. The predicted octanol–water partition coefficient (Wildman–Crippen LogP) is -0.110. The Bertz CT molecular complexity index is 438. The van der Waals surface area contributed by atoms with Crippen molar-refractivity contribution in [3.05, 3.63) is 0 Å². The van der Waals surface area contributed by atoms with Gasteiger partial charge in [0.2, 0.25) is 11.8 Å². The van der Waals surface area contributed by atoms with E-state index in [1.165, 1.54) is 9.80 Å². The van der Waals surface area contributed by atoms with Gasteiger partial charge in [-0.2, -0.15) is 0 Å². The summed E-state index contributed by atoms with van der Waals surface area (Å²) in [5, 5.41) is 9.53. The summed E-state index contributed by atoms with van der Waals surface area (Å²) < 4.78 is 0. The lowest BCUT2D eigenvalue weighted by Crippen LogP contribution is -2.34. The smallest absolute Gasteiger partial charge is 0.326 e. The molecular formula is C14H23N3O4. The lowest BCUT2D eigenvalue weighted by molar-refractivity contribution is -0.131. The average Bonchev–Trinajstić information content (AvgIpc) is 2.99. The molecule has 2 aliphatic rings. The quantitative estimate of drug-likeness (QED) is 0.718. The van der Waals surface area contributed by atoms with E-state index in [9.17, 15) is 19.5 Å². The second kappa shape index (κ2) is 6.43. The first kappa shape index (κ1) is 15.8. The molecular weight excluding hydrogens is 274 g/mol. The molecule has 0 radical (unpaired) electrons. The Morgan fingerprint density at radius 3 is 2.67 bits per heavy atom. The summed E-state index contributed by atoms with van der Waals surface area (Å²) in [6, 6.07) is -0.289. The maximum atomic E-state index is 12.1. The van der Waals surface area contributed by atoms with Crippen LogP contribution in [0.1, 0.15) is 26.2 Å². The Hall–Kier alpha value is -1.63. The summed E-state index contributed by atoms with van der Waals surface area (Å²) in [5.74, 6) is -0.0137. The van der Waals surface area contributed by atoms with Crippen molar-refractivity contribution >= 4 is 17.8 Å². The molecule has 2 fully saturated rings. The number of imide groups is 1. The molecule has 2 heterocycles. The first-order valence-corrected chi connectivity index (χ1v) is 7.41. The molecule has 0 spiro atoms. The van der Waals surface area contributed by atoms with Gasteiger partial charge in [0.25, 0.3) is 0 Å². The number of nitrogens with zero attached hydrogens (tertiary/aromatic N) is 3. The maximum absolute atomic E-state index is 12.1. The fourth-order valence-corrected chi connectivity index (χ4v) is 2.84. The van der Waals surface area contributed by atoms with E-state index >= 15 is 0 Å². The highest BCUT2D eigenvalue weighted by atomic mass is 16.3. The fourth-order valence-electron chi connectivity index (χ4n) is 2.84. The zero-order valence-corrected chi connectivity index (χ0v) is 12.6. The zero-order chi connectivity index (χ0) is 15.6. The van der Waals surface area contributed by atoms with Gasteiger partial charge in [0.1, 0.15) is 6.54 Å². The van der Waals surface area contributed by atoms with Gasteiger partial charge in [0, 0.05) is 39.0 Å². The number of likely N-dealkylation sites (tertiary alicyclic amines) is 1. The molecule has 2 atom stereocenters. The Morgan fingerprint density at radius 2 is 2.14 bits per heavy atom. The van der Waals surface area contributed by atoms with Crippen LogP contribution in [0.4, 0.5) is 4.79 Å². The van der Waals surface area contributed by atoms with E-state index in [0.29, 0.717) is 32.5 Å². The lowest BCUT2D eigenvalue weighted by Gasteiger charge is -2.18. The van der Waals surface area contributed by atoms with E-state index in [1.54, 1.807) is 18.9 Å². The molecule has 7 heteroatoms. The minimum atomic E-state index is -0.391. The van der Waals surface area contributed by atoms with Crippen LogP contribution in [0.2, 0.25) is 0 Å². The molecule has 2 unspecified atom stereocenters. The number of carbonyl (C=O) groups excluding carboxylic acids is 3. The molecule has 0 aromatic carbocycles. The highest BCUT2D eigenvalue weighted by Crippen LogP contribution is 2.20. The van der Waals surface area contributed by atoms with E-state index in [4.69, 9.17) is 0 Å². The molecule has 0 aromatic rings. The normalized spacial score (nSPS) is 24.1. The second-order valence-corrected chi connectivity index (χ2v) is 5.92. The van der Waals surface area contributed by atoms with Crippen molar-refractivity contribution in [2.45, 2.75) is 32.3 Å². The van der Waals surface area contributed by atoms with E-state index in [1.807, 2.05) is 0 Å². The number of carbonyl (C=O) groups is 3. The average molecular weight is 297 g/mol. The molecule has 4 amide bonds. The van der Waals surface area contributed by atoms with Crippen molar-refractivity contribution < 1.29 is 19.5 Å². The van der Waals surface area contributed by atoms with Gasteiger partial charge in [-0.3, -0.25) is 14.5 Å². The molecule has 0 aromatic heterocycles. The van der Waals surface area contributed by atoms with Gasteiger partial charge >= 0.3 is 6.03 Å². The van der Waals surface area contributed by atoms with Crippen LogP contribution in [0.15, 0.2) is 0 Å². The molecule has 0 bridgehead atoms. The predicted molar refractivity (Wildman–Crippen MR) is 75.3 cm³/mol. The highest BCUT2D eigenvalue weighted by molar-refractivity contribution is 6.01. The van der Waals surface area contributed by atoms with Gasteiger partial charge in [-0.1, -0.05) is 0 Å². The van der Waals surface area contributed by atoms with Gasteiger partial charge in [-0.25, -0.2) is 4.79 Å². The molecule has 2 aliphatic heterocycles. The van der Waals surface area contributed by atoms with Gasteiger partial charge in [0.15, 0.2) is 0 Å². The van der Waals surface area contributed by atoms with Gasteiger partial charge in [-0.15, -0.1) is 0 Å². The molecule has 0 aliphatic carbocycles. The monoisotopic (exact) mass is 297 g/mol. The van der Waals surface area contributed by atoms with Crippen molar-refractivity contribution in [2.75, 3.05) is 33.2 Å². The molecule has 1 N–H and O–H groups in total. The molecule has 2 saturated heterocycles. The molecule has 21 heavy (non-hydrogen) atoms. The third-order valence-electron chi connectivity index (χ3n) is 4.26. The van der Waals surface area contributed by atoms with Gasteiger partial charge < -0.3 is 14.9 Å². The van der Waals surface area contributed by atoms with Crippen LogP contribution in [0, 0.1) is 5.92 Å². The van der Waals surface area contributed by atoms with Crippen LogP contribution in [0.25, 0.3) is 0 Å². The fraction of sp³-hybridized carbons (Fsp3) is 0.786. The standard InChI is InChI=1S/C14H23N3O4/c1-10(18)11-5-7-16(8-11)12(19)4-3-6-17-13(20)9-15(2)14(17)21/h10-11,18H,3-9H2,1-2H3. The molecule has 118 valence electrons. The second-order valence-electron chi connectivity index (χ2n) is 5.92. The molecule has 2 rings (SSSR count). The number of hydrogen-bond acceptors (Lipinski definition) is 4. The minimum Gasteiger partial charge on any atom is -0.393 e. The van der Waals surface area contributed by atoms with E-state index < -0.39 is 6.10 Å². The third kappa shape index (κ3) is 3.53. The Morgan fingerprint density at radius 1 is 1.43 bits per heavy atom. The zero-order valence-electron chi connectivity index (χ0n) is 12.6. The van der Waals surface area contributed by atoms with Crippen LogP contribution in [-0.4, -0.2) is 77.0 Å². The van der Waals surface area contributed by atoms with Gasteiger partial charge in [-0.05, 0) is 19.8 Å². The Kier molecular flexibility index (Phi) is 4.82. The largest absolute Gasteiger partial charge is 0.393 e. The van der Waals surface area contributed by atoms with Crippen molar-refractivity contribution in [1.29, 1.82) is 0 Å². The topological polar surface area (TPSA) is 81.2 Å². The van der Waals surface area contributed by atoms with Crippen LogP contribution < -0.4 is 0 Å². The number of likely N-dealkylation sites (N-methyl/N-ethyl adjacent to an activating group) is 1. The number of rotatable bonds is 5. The Labute approximate surface area is 124 Å². The van der Waals surface area contributed by atoms with Crippen molar-refractivity contribution in [3.8, 4) is 0 Å². The summed E-state index contributed by atoms with van der Waals surface area (Å²) in [4.78, 5) is 39.7. The van der Waals surface area contributed by atoms with Crippen LogP contribution in [-0.2, 0) is 9.59 Å². The summed E-state index contributed by atoms with van der Waals surface area (Å²) in [6.45, 7) is 3.44. The summed E-state index contributed by atoms with van der Waals surface area (Å²) in [7, 11) is 1.59. The minimum absolute atomic E-state index is 0.0330. The molecule has 0 saturated carbocycles.